The number of aromatic hydroxyl groups is 1. The van der Waals surface area contributed by atoms with Gasteiger partial charge in [0, 0.05) is 55.4 Å². The lowest BCUT2D eigenvalue weighted by atomic mass is 10.0. The Kier molecular flexibility index (Phi) is 9.14. The highest BCUT2D eigenvalue weighted by atomic mass is 16.5. The van der Waals surface area contributed by atoms with E-state index < -0.39 is 0 Å². The molecule has 1 aliphatic rings. The van der Waals surface area contributed by atoms with E-state index in [4.69, 9.17) is 14.2 Å². The van der Waals surface area contributed by atoms with E-state index in [1.807, 2.05) is 41.0 Å². The predicted molar refractivity (Wildman–Crippen MR) is 161 cm³/mol. The van der Waals surface area contributed by atoms with Crippen molar-refractivity contribution in [1.29, 1.82) is 0 Å². The van der Waals surface area contributed by atoms with Crippen molar-refractivity contribution in [2.45, 2.75) is 32.4 Å². The summed E-state index contributed by atoms with van der Waals surface area (Å²) in [7, 11) is 3.30. The van der Waals surface area contributed by atoms with Crippen LogP contribution < -0.4 is 14.4 Å². The van der Waals surface area contributed by atoms with Crippen LogP contribution >= 0.6 is 0 Å². The Balaban J connectivity index is 1.43. The molecule has 1 atom stereocenters. The fraction of sp³-hybridized carbons (Fsp3) is 0.394. The number of hydrogen-bond donors (Lipinski definition) is 1. The maximum atomic E-state index is 11.6. The summed E-state index contributed by atoms with van der Waals surface area (Å²) in [6, 6.07) is 22.4. The Morgan fingerprint density at radius 2 is 1.62 bits per heavy atom. The minimum absolute atomic E-state index is 0.0997. The van der Waals surface area contributed by atoms with Crippen LogP contribution in [0.5, 0.6) is 17.4 Å². The molecular formula is C33H41N3O4. The van der Waals surface area contributed by atoms with E-state index >= 15 is 0 Å². The summed E-state index contributed by atoms with van der Waals surface area (Å²) >= 11 is 0. The molecule has 1 aliphatic heterocycles. The minimum atomic E-state index is -0.0997. The van der Waals surface area contributed by atoms with Gasteiger partial charge in [0.2, 0.25) is 0 Å². The van der Waals surface area contributed by atoms with E-state index in [1.54, 1.807) is 14.2 Å². The number of likely N-dealkylation sites (N-methyl/N-ethyl adjacent to an activating group) is 1. The lowest BCUT2D eigenvalue weighted by molar-refractivity contribution is 0.115. The first-order chi connectivity index (χ1) is 19.6. The second kappa shape index (κ2) is 13.1. The number of ether oxygens (including phenoxy) is 3. The van der Waals surface area contributed by atoms with Gasteiger partial charge in [-0.3, -0.25) is 0 Å². The topological polar surface area (TPSA) is 59.3 Å². The highest BCUT2D eigenvalue weighted by Crippen LogP contribution is 2.40. The first kappa shape index (κ1) is 27.9. The number of nitrogens with zero attached hydrogens (tertiary/aromatic N) is 3. The van der Waals surface area contributed by atoms with Gasteiger partial charge < -0.3 is 33.7 Å². The van der Waals surface area contributed by atoms with Gasteiger partial charge in [0.15, 0.2) is 17.4 Å². The number of fused-ring (bicyclic) bond motifs is 1. The summed E-state index contributed by atoms with van der Waals surface area (Å²) in [5.41, 5.74) is 3.40. The quantitative estimate of drug-likeness (QED) is 0.218. The number of hydrogen-bond acceptors (Lipinski definition) is 6. The highest BCUT2D eigenvalue weighted by molar-refractivity contribution is 5.98. The number of benzene rings is 3. The third kappa shape index (κ3) is 6.06. The zero-order valence-electron chi connectivity index (χ0n) is 23.9. The van der Waals surface area contributed by atoms with E-state index in [0.29, 0.717) is 24.7 Å². The minimum Gasteiger partial charge on any atom is -0.494 e. The summed E-state index contributed by atoms with van der Waals surface area (Å²) in [6.07, 6.45) is 3.76. The van der Waals surface area contributed by atoms with Gasteiger partial charge in [-0.1, -0.05) is 49.4 Å². The van der Waals surface area contributed by atoms with Gasteiger partial charge in [0.25, 0.3) is 0 Å². The van der Waals surface area contributed by atoms with E-state index in [-0.39, 0.29) is 11.9 Å². The Bertz CT molecular complexity index is 1380. The molecule has 40 heavy (non-hydrogen) atoms. The average Bonchev–Trinajstić information content (AvgIpc) is 3.35. The van der Waals surface area contributed by atoms with E-state index in [0.717, 1.165) is 61.9 Å². The van der Waals surface area contributed by atoms with Gasteiger partial charge in [-0.05, 0) is 54.8 Å². The van der Waals surface area contributed by atoms with Crippen LogP contribution in [0, 0.1) is 0 Å². The maximum absolute atomic E-state index is 11.6. The molecule has 0 bridgehead atoms. The second-order valence-electron chi connectivity index (χ2n) is 10.3. The summed E-state index contributed by atoms with van der Waals surface area (Å²) in [5.74, 6) is 1.65. The third-order valence-electron chi connectivity index (χ3n) is 8.00. The molecule has 212 valence electrons. The van der Waals surface area contributed by atoms with E-state index in [9.17, 15) is 5.11 Å². The normalized spacial score (nSPS) is 14.9. The molecule has 1 aromatic heterocycles. The lowest BCUT2D eigenvalue weighted by Crippen LogP contribution is -2.46. The van der Waals surface area contributed by atoms with Gasteiger partial charge in [0.05, 0.1) is 26.9 Å². The largest absolute Gasteiger partial charge is 0.494 e. The average molecular weight is 544 g/mol. The lowest BCUT2D eigenvalue weighted by Gasteiger charge is -2.35. The van der Waals surface area contributed by atoms with Crippen molar-refractivity contribution in [3.8, 4) is 17.4 Å². The zero-order valence-corrected chi connectivity index (χ0v) is 23.9. The van der Waals surface area contributed by atoms with E-state index in [2.05, 4.69) is 53.3 Å². The standard InChI is InChI=1S/C33H41N3O4/c1-4-34-17-19-35(20-18-34)30-13-8-12-27-28(30)23-36(33(27)37)29(26-15-16-31(38-2)32(22-26)39-3)14-9-21-40-24-25-10-6-5-7-11-25/h5-8,10-13,15-16,22-23,29,37H,4,9,14,17-21,24H2,1-3H3/t29-/m1/s1. The highest BCUT2D eigenvalue weighted by Gasteiger charge is 2.24. The maximum Gasteiger partial charge on any atom is 0.199 e. The Labute approximate surface area is 237 Å². The van der Waals surface area contributed by atoms with Crippen molar-refractivity contribution < 1.29 is 19.3 Å². The van der Waals surface area contributed by atoms with Crippen LogP contribution in [0.15, 0.2) is 72.9 Å². The molecule has 0 radical (unpaired) electrons. The second-order valence-corrected chi connectivity index (χ2v) is 10.3. The number of rotatable bonds is 12. The van der Waals surface area contributed by atoms with Crippen molar-refractivity contribution in [3.63, 3.8) is 0 Å². The SMILES string of the molecule is CCN1CCN(c2cccc3c(O)n([C@H](CCCOCc4ccccc4)c4ccc(OC)c(OC)c4)cc23)CC1. The molecule has 1 fully saturated rings. The summed E-state index contributed by atoms with van der Waals surface area (Å²) < 4.78 is 19.1. The fourth-order valence-corrected chi connectivity index (χ4v) is 5.71. The molecule has 7 heteroatoms. The summed E-state index contributed by atoms with van der Waals surface area (Å²) in [4.78, 5) is 4.92. The molecule has 0 spiro atoms. The fourth-order valence-electron chi connectivity index (χ4n) is 5.71. The van der Waals surface area contributed by atoms with Crippen LogP contribution in [-0.2, 0) is 11.3 Å². The summed E-state index contributed by atoms with van der Waals surface area (Å²) in [6.45, 7) is 8.59. The zero-order chi connectivity index (χ0) is 27.9. The van der Waals surface area contributed by atoms with Gasteiger partial charge >= 0.3 is 0 Å². The molecule has 1 N–H and O–H groups in total. The van der Waals surface area contributed by atoms with Crippen LogP contribution in [0.25, 0.3) is 10.8 Å². The van der Waals surface area contributed by atoms with Gasteiger partial charge in [0.1, 0.15) is 0 Å². The van der Waals surface area contributed by atoms with Crippen molar-refractivity contribution in [1.82, 2.24) is 9.47 Å². The first-order valence-electron chi connectivity index (χ1n) is 14.3. The van der Waals surface area contributed by atoms with Crippen LogP contribution in [0.4, 0.5) is 5.69 Å². The van der Waals surface area contributed by atoms with Gasteiger partial charge in [-0.2, -0.15) is 0 Å². The van der Waals surface area contributed by atoms with Crippen LogP contribution in [-0.4, -0.2) is 68.1 Å². The third-order valence-corrected chi connectivity index (χ3v) is 8.00. The molecule has 0 amide bonds. The molecular weight excluding hydrogens is 502 g/mol. The monoisotopic (exact) mass is 543 g/mol. The van der Waals surface area contributed by atoms with E-state index in [1.165, 1.54) is 11.3 Å². The number of piperazine rings is 1. The molecule has 5 rings (SSSR count). The Hall–Kier alpha value is -3.68. The molecule has 4 aromatic rings. The van der Waals surface area contributed by atoms with Crippen molar-refractivity contribution in [2.75, 3.05) is 58.5 Å². The molecule has 1 saturated heterocycles. The van der Waals surface area contributed by atoms with Crippen molar-refractivity contribution in [2.24, 2.45) is 0 Å². The molecule has 0 saturated carbocycles. The molecule has 0 aliphatic carbocycles. The number of methoxy groups -OCH3 is 2. The van der Waals surface area contributed by atoms with Crippen molar-refractivity contribution in [3.05, 3.63) is 84.1 Å². The predicted octanol–water partition coefficient (Wildman–Crippen LogP) is 6.09. The summed E-state index contributed by atoms with van der Waals surface area (Å²) in [5, 5.41) is 13.5. The van der Waals surface area contributed by atoms with Crippen molar-refractivity contribution >= 4 is 16.5 Å². The number of aromatic nitrogens is 1. The van der Waals surface area contributed by atoms with Gasteiger partial charge in [-0.15, -0.1) is 0 Å². The molecule has 0 unspecified atom stereocenters. The number of anilines is 1. The Morgan fingerprint density at radius 1 is 0.850 bits per heavy atom. The smallest absolute Gasteiger partial charge is 0.199 e. The van der Waals surface area contributed by atoms with Crippen LogP contribution in [0.3, 0.4) is 0 Å². The van der Waals surface area contributed by atoms with Crippen LogP contribution in [0.2, 0.25) is 0 Å². The first-order valence-corrected chi connectivity index (χ1v) is 14.3. The molecule has 3 aromatic carbocycles. The van der Waals surface area contributed by atoms with Crippen LogP contribution in [0.1, 0.15) is 36.9 Å². The Morgan fingerprint density at radius 3 is 2.35 bits per heavy atom. The molecule has 7 nitrogen and oxygen atoms in total. The van der Waals surface area contributed by atoms with Gasteiger partial charge in [-0.25, -0.2) is 0 Å². The molecule has 2 heterocycles.